The van der Waals surface area contributed by atoms with Crippen molar-refractivity contribution in [3.63, 3.8) is 0 Å². The molecule has 4 N–H and O–H groups in total. The monoisotopic (exact) mass is 274 g/mol. The maximum atomic E-state index is 9.50. The minimum absolute atomic E-state index is 0.0258. The lowest BCUT2D eigenvalue weighted by Gasteiger charge is -2.18. The van der Waals surface area contributed by atoms with Crippen molar-refractivity contribution in [1.29, 1.82) is 0 Å². The lowest BCUT2D eigenvalue weighted by atomic mass is 10.1. The van der Waals surface area contributed by atoms with Crippen LogP contribution in [0.1, 0.15) is 5.56 Å². The van der Waals surface area contributed by atoms with E-state index in [0.29, 0.717) is 18.0 Å². The van der Waals surface area contributed by atoms with Crippen LogP contribution in [0.15, 0.2) is 36.7 Å². The molecule has 0 radical (unpaired) electrons. The second-order valence-corrected chi connectivity index (χ2v) is 4.35. The number of aromatic nitrogens is 2. The lowest BCUT2D eigenvalue weighted by molar-refractivity contribution is 0.273. The smallest absolute Gasteiger partial charge is 0.203 e. The number of hydrogen-bond acceptors (Lipinski definition) is 6. The number of nitrogen functional groups attached to an aromatic ring is 1. The van der Waals surface area contributed by atoms with Crippen molar-refractivity contribution in [2.24, 2.45) is 0 Å². The van der Waals surface area contributed by atoms with Crippen molar-refractivity contribution in [1.82, 2.24) is 9.97 Å². The Morgan fingerprint density at radius 3 is 2.70 bits per heavy atom. The second-order valence-electron chi connectivity index (χ2n) is 4.35. The summed E-state index contributed by atoms with van der Waals surface area (Å²) in [5.41, 5.74) is 6.85. The van der Waals surface area contributed by atoms with Gasteiger partial charge in [0, 0.05) is 0 Å². The van der Waals surface area contributed by atoms with E-state index in [1.165, 1.54) is 13.4 Å². The third-order valence-corrected chi connectivity index (χ3v) is 2.92. The average molecular weight is 274 g/mol. The number of anilines is 2. The zero-order chi connectivity index (χ0) is 14.4. The van der Waals surface area contributed by atoms with Crippen molar-refractivity contribution >= 4 is 11.6 Å². The van der Waals surface area contributed by atoms with E-state index >= 15 is 0 Å². The Morgan fingerprint density at radius 2 is 2.05 bits per heavy atom. The van der Waals surface area contributed by atoms with Gasteiger partial charge in [-0.3, -0.25) is 0 Å². The summed E-state index contributed by atoms with van der Waals surface area (Å²) in [6, 6.07) is 9.73. The fourth-order valence-electron chi connectivity index (χ4n) is 1.94. The Kier molecular flexibility index (Phi) is 4.73. The molecule has 2 rings (SSSR count). The average Bonchev–Trinajstić information content (AvgIpc) is 2.48. The molecule has 0 fully saturated rings. The maximum Gasteiger partial charge on any atom is 0.203 e. The number of aliphatic hydroxyl groups excluding tert-OH is 1. The third-order valence-electron chi connectivity index (χ3n) is 2.92. The largest absolute Gasteiger partial charge is 0.490 e. The first-order valence-corrected chi connectivity index (χ1v) is 6.30. The molecule has 0 saturated heterocycles. The quantitative estimate of drug-likeness (QED) is 0.730. The molecule has 1 aromatic carbocycles. The predicted molar refractivity (Wildman–Crippen MR) is 77.6 cm³/mol. The van der Waals surface area contributed by atoms with Crippen LogP contribution in [0.25, 0.3) is 0 Å². The topological polar surface area (TPSA) is 93.3 Å². The molecular weight excluding hydrogens is 256 g/mol. The Bertz CT molecular complexity index is 548. The number of nitrogens with zero attached hydrogens (tertiary/aromatic N) is 2. The standard InChI is InChI=1S/C14H18N4O2/c1-20-12-13(15)16-9-17-14(12)18-11(8-19)7-10-5-3-2-4-6-10/h2-6,9,11,19H,7-8H2,1H3,(H3,15,16,17,18). The Morgan fingerprint density at radius 1 is 1.30 bits per heavy atom. The van der Waals surface area contributed by atoms with Gasteiger partial charge in [0.2, 0.25) is 5.75 Å². The summed E-state index contributed by atoms with van der Waals surface area (Å²) in [6.07, 6.45) is 2.03. The fourth-order valence-corrected chi connectivity index (χ4v) is 1.94. The molecule has 20 heavy (non-hydrogen) atoms. The maximum absolute atomic E-state index is 9.50. The summed E-state index contributed by atoms with van der Waals surface area (Å²) in [6.45, 7) is -0.0258. The molecule has 0 aliphatic carbocycles. The summed E-state index contributed by atoms with van der Waals surface area (Å²) >= 11 is 0. The molecule has 0 bridgehead atoms. The van der Waals surface area contributed by atoms with Crippen molar-refractivity contribution < 1.29 is 9.84 Å². The molecule has 1 heterocycles. The van der Waals surface area contributed by atoms with E-state index in [4.69, 9.17) is 10.5 Å². The van der Waals surface area contributed by atoms with Crippen LogP contribution in [-0.2, 0) is 6.42 Å². The van der Waals surface area contributed by atoms with Crippen LogP contribution >= 0.6 is 0 Å². The highest BCUT2D eigenvalue weighted by atomic mass is 16.5. The van der Waals surface area contributed by atoms with Gasteiger partial charge in [-0.1, -0.05) is 30.3 Å². The molecule has 0 spiro atoms. The van der Waals surface area contributed by atoms with Crippen molar-refractivity contribution in [2.75, 3.05) is 24.8 Å². The van der Waals surface area contributed by atoms with Crippen molar-refractivity contribution in [2.45, 2.75) is 12.5 Å². The fraction of sp³-hybridized carbons (Fsp3) is 0.286. The molecule has 0 amide bonds. The van der Waals surface area contributed by atoms with E-state index in [9.17, 15) is 5.11 Å². The highest BCUT2D eigenvalue weighted by Crippen LogP contribution is 2.27. The van der Waals surface area contributed by atoms with Crippen molar-refractivity contribution in [3.05, 3.63) is 42.2 Å². The van der Waals surface area contributed by atoms with Gasteiger partial charge in [-0.2, -0.15) is 0 Å². The zero-order valence-electron chi connectivity index (χ0n) is 11.3. The highest BCUT2D eigenvalue weighted by molar-refractivity contribution is 5.61. The predicted octanol–water partition coefficient (Wildman–Crippen LogP) is 1.08. The molecule has 6 nitrogen and oxygen atoms in total. The molecule has 1 atom stereocenters. The van der Waals surface area contributed by atoms with Gasteiger partial charge in [0.25, 0.3) is 0 Å². The SMILES string of the molecule is COc1c(N)ncnc1NC(CO)Cc1ccccc1. The first-order valence-electron chi connectivity index (χ1n) is 6.30. The van der Waals surface area contributed by atoms with Gasteiger partial charge in [-0.15, -0.1) is 0 Å². The van der Waals surface area contributed by atoms with E-state index in [-0.39, 0.29) is 18.5 Å². The zero-order valence-corrected chi connectivity index (χ0v) is 11.3. The summed E-state index contributed by atoms with van der Waals surface area (Å²) in [7, 11) is 1.51. The number of hydrogen-bond donors (Lipinski definition) is 3. The summed E-state index contributed by atoms with van der Waals surface area (Å²) in [4.78, 5) is 7.97. The molecule has 106 valence electrons. The number of nitrogens with one attached hydrogen (secondary N) is 1. The van der Waals surface area contributed by atoms with Crippen LogP contribution in [0.3, 0.4) is 0 Å². The summed E-state index contributed by atoms with van der Waals surface area (Å²) < 4.78 is 5.18. The minimum atomic E-state index is -0.180. The number of ether oxygens (including phenoxy) is 1. The molecule has 2 aromatic rings. The molecule has 0 aliphatic heterocycles. The normalized spacial score (nSPS) is 11.9. The van der Waals surface area contributed by atoms with Crippen LogP contribution in [0.5, 0.6) is 5.75 Å². The molecule has 1 unspecified atom stereocenters. The number of benzene rings is 1. The third kappa shape index (κ3) is 3.36. The summed E-state index contributed by atoms with van der Waals surface area (Å²) in [5, 5.41) is 12.6. The number of rotatable bonds is 6. The number of aliphatic hydroxyl groups is 1. The van der Waals surface area contributed by atoms with Gasteiger partial charge >= 0.3 is 0 Å². The van der Waals surface area contributed by atoms with Crippen LogP contribution in [0, 0.1) is 0 Å². The van der Waals surface area contributed by atoms with E-state index in [1.807, 2.05) is 30.3 Å². The number of methoxy groups -OCH3 is 1. The van der Waals surface area contributed by atoms with E-state index in [2.05, 4.69) is 15.3 Å². The Balaban J connectivity index is 2.12. The molecule has 0 saturated carbocycles. The van der Waals surface area contributed by atoms with Gasteiger partial charge in [0.15, 0.2) is 11.6 Å². The van der Waals surface area contributed by atoms with Crippen molar-refractivity contribution in [3.8, 4) is 5.75 Å². The van der Waals surface area contributed by atoms with Gasteiger partial charge in [-0.25, -0.2) is 9.97 Å². The molecular formula is C14H18N4O2. The van der Waals surface area contributed by atoms with Crippen LogP contribution in [0.4, 0.5) is 11.6 Å². The highest BCUT2D eigenvalue weighted by Gasteiger charge is 2.14. The number of nitrogens with two attached hydrogens (primary N) is 1. The summed E-state index contributed by atoms with van der Waals surface area (Å²) in [5.74, 6) is 1.13. The lowest BCUT2D eigenvalue weighted by Crippen LogP contribution is -2.27. The first-order chi connectivity index (χ1) is 9.74. The van der Waals surface area contributed by atoms with E-state index in [0.717, 1.165) is 5.56 Å². The van der Waals surface area contributed by atoms with Gasteiger partial charge in [-0.05, 0) is 12.0 Å². The molecule has 6 heteroatoms. The Hall–Kier alpha value is -2.34. The second kappa shape index (κ2) is 6.72. The van der Waals surface area contributed by atoms with Crippen LogP contribution in [-0.4, -0.2) is 34.8 Å². The Labute approximate surface area is 117 Å². The minimum Gasteiger partial charge on any atom is -0.490 e. The van der Waals surface area contributed by atoms with Gasteiger partial charge in [0.05, 0.1) is 19.8 Å². The van der Waals surface area contributed by atoms with E-state index in [1.54, 1.807) is 0 Å². The first kappa shape index (κ1) is 14.1. The van der Waals surface area contributed by atoms with Gasteiger partial charge in [0.1, 0.15) is 6.33 Å². The van der Waals surface area contributed by atoms with E-state index < -0.39 is 0 Å². The van der Waals surface area contributed by atoms with Crippen LogP contribution in [0.2, 0.25) is 0 Å². The molecule has 1 aromatic heterocycles. The molecule has 0 aliphatic rings. The van der Waals surface area contributed by atoms with Gasteiger partial charge < -0.3 is 20.9 Å². The van der Waals surface area contributed by atoms with Crippen LogP contribution < -0.4 is 15.8 Å².